The van der Waals surface area contributed by atoms with Gasteiger partial charge in [0.1, 0.15) is 42.7 Å². The lowest BCUT2D eigenvalue weighted by Gasteiger charge is -2.45. The smallest absolute Gasteiger partial charge is 0.394 e. The lowest BCUT2D eigenvalue weighted by atomic mass is 9.89. The zero-order valence-electron chi connectivity index (χ0n) is 23.8. The molecule has 0 aromatic rings. The fourth-order valence-electron chi connectivity index (χ4n) is 5.17. The Morgan fingerprint density at radius 2 is 1.09 bits per heavy atom. The number of hydrogen-bond donors (Lipinski definition) is 8. The molecule has 3 saturated heterocycles. The van der Waals surface area contributed by atoms with Gasteiger partial charge in [-0.2, -0.15) is 16.8 Å². The van der Waals surface area contributed by atoms with E-state index in [1.165, 1.54) is 13.8 Å². The van der Waals surface area contributed by atoms with Gasteiger partial charge in [0, 0.05) is 18.4 Å². The summed E-state index contributed by atoms with van der Waals surface area (Å²) in [4.78, 5) is 0. The molecular weight excluding hydrogens is 648 g/mol. The average molecular weight is 689 g/mol. The SMILES string of the molecule is CCO[C@@H]1OC(CO)[C@H](O)C(CO[C@@H]2OC(C)[C@@H](CO[C@@H]3OC(C)[C@@H](O)C(OS(=O)(=O)O)C3O)C(OS(=O)(=O)O)C2O)C1O. The number of ether oxygens (including phenoxy) is 6. The van der Waals surface area contributed by atoms with Gasteiger partial charge in [-0.05, 0) is 20.8 Å². The van der Waals surface area contributed by atoms with Crippen molar-refractivity contribution in [2.45, 2.75) is 101 Å². The summed E-state index contributed by atoms with van der Waals surface area (Å²) in [5.74, 6) is -2.38. The van der Waals surface area contributed by atoms with Crippen LogP contribution in [0.3, 0.4) is 0 Å². The maximum absolute atomic E-state index is 11.7. The summed E-state index contributed by atoms with van der Waals surface area (Å²) in [6.07, 6.45) is -20.3. The van der Waals surface area contributed by atoms with Crippen LogP contribution < -0.4 is 0 Å². The minimum atomic E-state index is -5.21. The van der Waals surface area contributed by atoms with Crippen molar-refractivity contribution in [2.75, 3.05) is 26.4 Å². The van der Waals surface area contributed by atoms with Gasteiger partial charge in [-0.1, -0.05) is 0 Å². The van der Waals surface area contributed by atoms with Gasteiger partial charge in [-0.15, -0.1) is 0 Å². The number of rotatable bonds is 13. The molecule has 260 valence electrons. The second-order valence-electron chi connectivity index (χ2n) is 10.5. The van der Waals surface area contributed by atoms with Gasteiger partial charge in [0.2, 0.25) is 0 Å². The van der Waals surface area contributed by atoms with Crippen LogP contribution in [-0.4, -0.2) is 163 Å². The molecule has 0 aromatic heterocycles. The molecule has 0 saturated carbocycles. The maximum atomic E-state index is 11.7. The summed E-state index contributed by atoms with van der Waals surface area (Å²) in [5.41, 5.74) is 0. The predicted octanol–water partition coefficient (Wildman–Crippen LogP) is -4.32. The predicted molar refractivity (Wildman–Crippen MR) is 138 cm³/mol. The summed E-state index contributed by atoms with van der Waals surface area (Å²) in [7, 11) is -10.3. The van der Waals surface area contributed by atoms with E-state index < -0.39 is 132 Å². The third-order valence-electron chi connectivity index (χ3n) is 7.50. The van der Waals surface area contributed by atoms with Gasteiger partial charge in [0.25, 0.3) is 0 Å². The van der Waals surface area contributed by atoms with Gasteiger partial charge >= 0.3 is 20.8 Å². The van der Waals surface area contributed by atoms with Crippen molar-refractivity contribution in [3.05, 3.63) is 0 Å². The van der Waals surface area contributed by atoms with Crippen molar-refractivity contribution in [3.63, 3.8) is 0 Å². The lowest BCUT2D eigenvalue weighted by molar-refractivity contribution is -0.323. The van der Waals surface area contributed by atoms with Crippen LogP contribution in [-0.2, 0) is 57.6 Å². The molecule has 3 rings (SSSR count). The normalized spacial score (nSPS) is 44.0. The summed E-state index contributed by atoms with van der Waals surface area (Å²) in [6, 6.07) is 0. The number of aliphatic hydroxyl groups excluding tert-OH is 6. The standard InChI is InChI=1S/C22H40O20S2/c1-4-35-20-15(26)11(14(25)12(5-23)40-20)7-37-21-16(27)18(41-43(29,30)31)10(8(2)38-21)6-36-22-17(28)19(42-44(32,33)34)13(24)9(3)39-22/h8-28H,4-7H2,1-3H3,(H,29,30,31)(H,32,33,34)/t8?,9?,10-,11?,12?,13-,14-,15?,16?,17?,18?,19?,20-,21-,22-/m1/s1. The molecule has 0 aliphatic carbocycles. The van der Waals surface area contributed by atoms with E-state index in [1.807, 2.05) is 0 Å². The van der Waals surface area contributed by atoms with Crippen molar-refractivity contribution in [2.24, 2.45) is 11.8 Å². The zero-order chi connectivity index (χ0) is 33.1. The van der Waals surface area contributed by atoms with Crippen LogP contribution in [0.15, 0.2) is 0 Å². The van der Waals surface area contributed by atoms with Crippen molar-refractivity contribution >= 4 is 20.8 Å². The number of hydrogen-bond acceptors (Lipinski definition) is 18. The Hall–Kier alpha value is -0.740. The molecule has 20 nitrogen and oxygen atoms in total. The highest BCUT2D eigenvalue weighted by Gasteiger charge is 2.51. The second kappa shape index (κ2) is 15.4. The van der Waals surface area contributed by atoms with Gasteiger partial charge in [-0.25, -0.2) is 8.37 Å². The Bertz CT molecular complexity index is 1120. The third-order valence-corrected chi connectivity index (χ3v) is 8.43. The number of aliphatic hydroxyl groups is 6. The largest absolute Gasteiger partial charge is 0.397 e. The highest BCUT2D eigenvalue weighted by Crippen LogP contribution is 2.34. The molecule has 22 heteroatoms. The molecule has 3 aliphatic heterocycles. The molecular formula is C22H40O20S2. The second-order valence-corrected chi connectivity index (χ2v) is 12.6. The molecule has 3 aliphatic rings. The van der Waals surface area contributed by atoms with Crippen LogP contribution >= 0.6 is 0 Å². The minimum Gasteiger partial charge on any atom is -0.394 e. The molecule has 15 atom stereocenters. The summed E-state index contributed by atoms with van der Waals surface area (Å²) in [5, 5.41) is 62.4. The van der Waals surface area contributed by atoms with Crippen molar-refractivity contribution in [1.29, 1.82) is 0 Å². The topological polar surface area (TPSA) is 304 Å². The highest BCUT2D eigenvalue weighted by molar-refractivity contribution is 7.81. The summed E-state index contributed by atoms with van der Waals surface area (Å²) >= 11 is 0. The molecule has 0 bridgehead atoms. The molecule has 8 N–H and O–H groups in total. The van der Waals surface area contributed by atoms with Crippen LogP contribution in [0.1, 0.15) is 20.8 Å². The zero-order valence-corrected chi connectivity index (χ0v) is 25.4. The molecule has 0 amide bonds. The Labute approximate surface area is 253 Å². The van der Waals surface area contributed by atoms with E-state index in [4.69, 9.17) is 37.2 Å². The van der Waals surface area contributed by atoms with E-state index in [0.29, 0.717) is 0 Å². The van der Waals surface area contributed by atoms with E-state index >= 15 is 0 Å². The summed E-state index contributed by atoms with van der Waals surface area (Å²) in [6.45, 7) is 2.65. The Kier molecular flexibility index (Phi) is 13.2. The molecule has 0 spiro atoms. The van der Waals surface area contributed by atoms with E-state index in [2.05, 4.69) is 4.18 Å². The van der Waals surface area contributed by atoms with Gasteiger partial charge in [0.15, 0.2) is 18.9 Å². The fourth-order valence-corrected chi connectivity index (χ4v) is 6.21. The lowest BCUT2D eigenvalue weighted by Crippen LogP contribution is -2.61. The van der Waals surface area contributed by atoms with E-state index in [0.717, 1.165) is 0 Å². The van der Waals surface area contributed by atoms with Crippen LogP contribution in [0.25, 0.3) is 0 Å². The molecule has 0 radical (unpaired) electrons. The molecule has 3 fully saturated rings. The van der Waals surface area contributed by atoms with Crippen LogP contribution in [0, 0.1) is 11.8 Å². The molecule has 0 aromatic carbocycles. The molecule has 3 heterocycles. The van der Waals surface area contributed by atoms with E-state index in [9.17, 15) is 52.0 Å². The first-order chi connectivity index (χ1) is 20.4. The monoisotopic (exact) mass is 688 g/mol. The first kappa shape index (κ1) is 37.7. The fraction of sp³-hybridized carbons (Fsp3) is 1.00. The van der Waals surface area contributed by atoms with Crippen molar-refractivity contribution in [1.82, 2.24) is 0 Å². The summed E-state index contributed by atoms with van der Waals surface area (Å²) < 4.78 is 106. The van der Waals surface area contributed by atoms with Crippen LogP contribution in [0.2, 0.25) is 0 Å². The minimum absolute atomic E-state index is 0.125. The Morgan fingerprint density at radius 3 is 1.61 bits per heavy atom. The Balaban J connectivity index is 1.74. The Morgan fingerprint density at radius 1 is 0.614 bits per heavy atom. The van der Waals surface area contributed by atoms with Crippen LogP contribution in [0.5, 0.6) is 0 Å². The molecule has 9 unspecified atom stereocenters. The van der Waals surface area contributed by atoms with Crippen LogP contribution in [0.4, 0.5) is 0 Å². The first-order valence-corrected chi connectivity index (χ1v) is 16.2. The first-order valence-electron chi connectivity index (χ1n) is 13.5. The van der Waals surface area contributed by atoms with Gasteiger partial charge in [0.05, 0.1) is 38.1 Å². The van der Waals surface area contributed by atoms with Crippen molar-refractivity contribution in [3.8, 4) is 0 Å². The third kappa shape index (κ3) is 9.42. The van der Waals surface area contributed by atoms with E-state index in [-0.39, 0.29) is 6.61 Å². The quantitative estimate of drug-likeness (QED) is 0.0848. The van der Waals surface area contributed by atoms with Gasteiger partial charge in [-0.3, -0.25) is 9.11 Å². The average Bonchev–Trinajstić information content (AvgIpc) is 2.91. The highest BCUT2D eigenvalue weighted by atomic mass is 32.3. The maximum Gasteiger partial charge on any atom is 0.397 e. The molecule has 44 heavy (non-hydrogen) atoms. The van der Waals surface area contributed by atoms with Gasteiger partial charge < -0.3 is 59.1 Å². The van der Waals surface area contributed by atoms with E-state index in [1.54, 1.807) is 6.92 Å². The van der Waals surface area contributed by atoms with Crippen molar-refractivity contribution < 1.29 is 93.4 Å².